The van der Waals surface area contributed by atoms with Crippen LogP contribution < -0.4 is 5.56 Å². The van der Waals surface area contributed by atoms with Crippen molar-refractivity contribution >= 4 is 0 Å². The molecule has 2 rings (SSSR count). The van der Waals surface area contributed by atoms with Crippen molar-refractivity contribution in [2.24, 2.45) is 0 Å². The molecule has 1 aromatic heterocycles. The average Bonchev–Trinajstić information content (AvgIpc) is 2.65. The number of aliphatic hydroxyl groups is 1. The summed E-state index contributed by atoms with van der Waals surface area (Å²) >= 11 is 0. The van der Waals surface area contributed by atoms with Gasteiger partial charge in [0, 0.05) is 24.6 Å². The second-order valence-corrected chi connectivity index (χ2v) is 4.30. The van der Waals surface area contributed by atoms with E-state index in [9.17, 15) is 9.90 Å². The fourth-order valence-corrected chi connectivity index (χ4v) is 1.98. The molecule has 0 radical (unpaired) electrons. The van der Waals surface area contributed by atoms with Gasteiger partial charge in [-0.3, -0.25) is 14.6 Å². The first-order valence-electron chi connectivity index (χ1n) is 5.46. The zero-order chi connectivity index (χ0) is 12.6. The maximum atomic E-state index is 11.7. The van der Waals surface area contributed by atoms with Crippen LogP contribution in [0.4, 0.5) is 0 Å². The van der Waals surface area contributed by atoms with Crippen LogP contribution >= 0.6 is 0 Å². The largest absolute Gasteiger partial charge is 0.494 e. The Morgan fingerprint density at radius 3 is 2.94 bits per heavy atom. The Morgan fingerprint density at radius 1 is 1.65 bits per heavy atom. The van der Waals surface area contributed by atoms with Crippen LogP contribution in [-0.4, -0.2) is 40.0 Å². The highest BCUT2D eigenvalue weighted by atomic mass is 16.7. The Hall–Kier alpha value is -1.37. The smallest absolute Gasteiger partial charge is 0.256 e. The third-order valence-corrected chi connectivity index (χ3v) is 3.09. The highest BCUT2D eigenvalue weighted by molar-refractivity contribution is 5.29. The Labute approximate surface area is 98.4 Å². The zero-order valence-electron chi connectivity index (χ0n) is 9.80. The molecule has 1 aliphatic heterocycles. The van der Waals surface area contributed by atoms with E-state index in [1.165, 1.54) is 0 Å². The van der Waals surface area contributed by atoms with E-state index in [0.29, 0.717) is 17.5 Å². The number of hydrogen-bond acceptors (Lipinski definition) is 5. The molecule has 0 spiro atoms. The van der Waals surface area contributed by atoms with E-state index in [0.717, 1.165) is 0 Å². The molecule has 0 aliphatic carbocycles. The summed E-state index contributed by atoms with van der Waals surface area (Å²) in [4.78, 5) is 19.6. The van der Waals surface area contributed by atoms with Gasteiger partial charge >= 0.3 is 0 Å². The van der Waals surface area contributed by atoms with Gasteiger partial charge in [0.15, 0.2) is 5.88 Å². The summed E-state index contributed by atoms with van der Waals surface area (Å²) in [6, 6.07) is 1.51. The van der Waals surface area contributed by atoms with Crippen molar-refractivity contribution < 1.29 is 15.1 Å². The van der Waals surface area contributed by atoms with E-state index in [-0.39, 0.29) is 30.2 Å². The summed E-state index contributed by atoms with van der Waals surface area (Å²) in [5, 5.41) is 20.1. The number of rotatable bonds is 2. The van der Waals surface area contributed by atoms with E-state index >= 15 is 0 Å². The van der Waals surface area contributed by atoms with Crippen molar-refractivity contribution in [3.63, 3.8) is 0 Å². The van der Waals surface area contributed by atoms with Crippen LogP contribution in [0.15, 0.2) is 10.9 Å². The summed E-state index contributed by atoms with van der Waals surface area (Å²) < 4.78 is 0. The Balaban J connectivity index is 2.30. The number of aromatic hydroxyl groups is 1. The fraction of sp³-hybridized carbons (Fsp3) is 0.545. The zero-order valence-corrected chi connectivity index (χ0v) is 9.80. The van der Waals surface area contributed by atoms with Crippen LogP contribution in [-0.2, 0) is 4.84 Å². The normalized spacial score (nSPS) is 25.4. The van der Waals surface area contributed by atoms with Crippen molar-refractivity contribution in [1.82, 2.24) is 10.0 Å². The Kier molecular flexibility index (Phi) is 3.19. The van der Waals surface area contributed by atoms with E-state index in [4.69, 9.17) is 9.94 Å². The van der Waals surface area contributed by atoms with E-state index < -0.39 is 0 Å². The number of nitrogens with zero attached hydrogens (tertiary/aromatic N) is 1. The third kappa shape index (κ3) is 2.19. The van der Waals surface area contributed by atoms with Gasteiger partial charge in [-0.25, -0.2) is 0 Å². The van der Waals surface area contributed by atoms with Gasteiger partial charge in [0.25, 0.3) is 5.56 Å². The van der Waals surface area contributed by atoms with Crippen molar-refractivity contribution in [3.05, 3.63) is 27.5 Å². The molecule has 2 heterocycles. The van der Waals surface area contributed by atoms with Gasteiger partial charge in [-0.2, -0.15) is 5.06 Å². The standard InChI is InChI=1S/C11H16N2O4/c1-6-3-8(11(16)12-10(6)15)9-4-7(5-14)13(2)17-9/h3,7,9,14H,4-5H2,1-2H3,(H2,12,15,16). The van der Waals surface area contributed by atoms with Gasteiger partial charge in [-0.05, 0) is 13.0 Å². The van der Waals surface area contributed by atoms with Crippen molar-refractivity contribution in [2.45, 2.75) is 25.5 Å². The first-order valence-corrected chi connectivity index (χ1v) is 5.46. The lowest BCUT2D eigenvalue weighted by molar-refractivity contribution is -0.150. The summed E-state index contributed by atoms with van der Waals surface area (Å²) in [6.07, 6.45) is 0.181. The van der Waals surface area contributed by atoms with Gasteiger partial charge in [0.2, 0.25) is 0 Å². The van der Waals surface area contributed by atoms with Crippen molar-refractivity contribution in [3.8, 4) is 5.88 Å². The third-order valence-electron chi connectivity index (χ3n) is 3.09. The highest BCUT2D eigenvalue weighted by Crippen LogP contribution is 2.31. The molecule has 94 valence electrons. The molecule has 6 heteroatoms. The number of hydrogen-bond donors (Lipinski definition) is 3. The second kappa shape index (κ2) is 4.48. The van der Waals surface area contributed by atoms with Crippen molar-refractivity contribution in [2.75, 3.05) is 13.7 Å². The summed E-state index contributed by atoms with van der Waals surface area (Å²) in [7, 11) is 1.72. The van der Waals surface area contributed by atoms with Crippen LogP contribution in [0.25, 0.3) is 0 Å². The predicted octanol–water partition coefficient (Wildman–Crippen LogP) is 0.0580. The molecule has 0 aromatic carbocycles. The first kappa shape index (κ1) is 12.1. The topological polar surface area (TPSA) is 85.8 Å². The molecule has 17 heavy (non-hydrogen) atoms. The van der Waals surface area contributed by atoms with Crippen LogP contribution in [0.1, 0.15) is 23.7 Å². The quantitative estimate of drug-likeness (QED) is 0.680. The Bertz CT molecular complexity index is 471. The predicted molar refractivity (Wildman–Crippen MR) is 60.5 cm³/mol. The lowest BCUT2D eigenvalue weighted by Gasteiger charge is -2.14. The number of hydroxylamine groups is 2. The maximum Gasteiger partial charge on any atom is 0.256 e. The van der Waals surface area contributed by atoms with Crippen LogP contribution in [0, 0.1) is 6.92 Å². The Morgan fingerprint density at radius 2 is 2.35 bits per heavy atom. The lowest BCUT2D eigenvalue weighted by Crippen LogP contribution is -2.26. The molecular formula is C11H16N2O4. The maximum absolute atomic E-state index is 11.7. The highest BCUT2D eigenvalue weighted by Gasteiger charge is 2.33. The van der Waals surface area contributed by atoms with Gasteiger partial charge in [0.05, 0.1) is 12.6 Å². The number of nitrogens with one attached hydrogen (secondary N) is 1. The summed E-state index contributed by atoms with van der Waals surface area (Å²) in [6.45, 7) is 1.69. The van der Waals surface area contributed by atoms with Crippen LogP contribution in [0.5, 0.6) is 5.88 Å². The SMILES string of the molecule is Cc1cc(C2CC(CO)N(C)O2)c(=O)[nH]c1O. The van der Waals surface area contributed by atoms with Crippen LogP contribution in [0.3, 0.4) is 0 Å². The molecule has 1 aromatic rings. The van der Waals surface area contributed by atoms with E-state index in [1.54, 1.807) is 25.1 Å². The molecule has 1 aliphatic rings. The molecule has 0 saturated carbocycles. The van der Waals surface area contributed by atoms with E-state index in [2.05, 4.69) is 4.98 Å². The van der Waals surface area contributed by atoms with Gasteiger partial charge in [-0.15, -0.1) is 0 Å². The molecule has 0 amide bonds. The number of aromatic nitrogens is 1. The molecule has 0 bridgehead atoms. The summed E-state index contributed by atoms with van der Waals surface area (Å²) in [5.74, 6) is -0.121. The number of aryl methyl sites for hydroxylation is 1. The molecule has 3 N–H and O–H groups in total. The fourth-order valence-electron chi connectivity index (χ4n) is 1.98. The van der Waals surface area contributed by atoms with Crippen LogP contribution in [0.2, 0.25) is 0 Å². The number of pyridine rings is 1. The number of aromatic amines is 1. The minimum atomic E-state index is -0.375. The molecule has 2 unspecified atom stereocenters. The van der Waals surface area contributed by atoms with Crippen molar-refractivity contribution in [1.29, 1.82) is 0 Å². The monoisotopic (exact) mass is 240 g/mol. The van der Waals surface area contributed by atoms with E-state index in [1.807, 2.05) is 0 Å². The molecule has 6 nitrogen and oxygen atoms in total. The van der Waals surface area contributed by atoms with Gasteiger partial charge < -0.3 is 10.2 Å². The lowest BCUT2D eigenvalue weighted by atomic mass is 10.0. The number of aliphatic hydroxyl groups excluding tert-OH is 1. The van der Waals surface area contributed by atoms with Gasteiger partial charge in [0.1, 0.15) is 6.10 Å². The number of H-pyrrole nitrogens is 1. The second-order valence-electron chi connectivity index (χ2n) is 4.30. The first-order chi connectivity index (χ1) is 8.02. The molecule has 1 saturated heterocycles. The number of likely N-dealkylation sites (N-methyl/N-ethyl adjacent to an activating group) is 1. The average molecular weight is 240 g/mol. The summed E-state index contributed by atoms with van der Waals surface area (Å²) in [5.41, 5.74) is 0.714. The van der Waals surface area contributed by atoms with Gasteiger partial charge in [-0.1, -0.05) is 0 Å². The molecule has 1 fully saturated rings. The minimum Gasteiger partial charge on any atom is -0.494 e. The molecule has 2 atom stereocenters. The minimum absolute atomic E-state index is 0.0119. The molecular weight excluding hydrogens is 224 g/mol.